The summed E-state index contributed by atoms with van der Waals surface area (Å²) >= 11 is 0. The van der Waals surface area contributed by atoms with E-state index in [0.29, 0.717) is 13.1 Å². The standard InChI is InChI=1S/C14H17F3N2O2/c15-14(16,17)13(20)12-11(8-18)19(6-7-21-12)9-10-4-2-1-3-5-10/h1-5,11-12H,6-9,18H2. The highest BCUT2D eigenvalue weighted by Crippen LogP contribution is 2.25. The fourth-order valence-corrected chi connectivity index (χ4v) is 2.46. The number of halogens is 3. The van der Waals surface area contributed by atoms with Crippen molar-refractivity contribution in [2.75, 3.05) is 19.7 Å². The van der Waals surface area contributed by atoms with Gasteiger partial charge in [0.1, 0.15) is 6.10 Å². The number of carbonyl (C=O) groups is 1. The Morgan fingerprint density at radius 2 is 2.00 bits per heavy atom. The number of ketones is 1. The zero-order valence-electron chi connectivity index (χ0n) is 11.3. The monoisotopic (exact) mass is 302 g/mol. The molecule has 2 unspecified atom stereocenters. The lowest BCUT2D eigenvalue weighted by molar-refractivity contribution is -0.191. The molecule has 1 aliphatic rings. The van der Waals surface area contributed by atoms with Gasteiger partial charge >= 0.3 is 6.18 Å². The third-order valence-electron chi connectivity index (χ3n) is 3.50. The Hall–Kier alpha value is -1.44. The molecule has 1 aromatic rings. The number of rotatable bonds is 4. The zero-order chi connectivity index (χ0) is 15.5. The average molecular weight is 302 g/mol. The van der Waals surface area contributed by atoms with Gasteiger partial charge in [0.05, 0.1) is 12.6 Å². The topological polar surface area (TPSA) is 55.6 Å². The maximum absolute atomic E-state index is 12.6. The molecule has 1 aliphatic heterocycles. The quantitative estimate of drug-likeness (QED) is 0.912. The molecule has 0 radical (unpaired) electrons. The molecule has 2 atom stereocenters. The summed E-state index contributed by atoms with van der Waals surface area (Å²) in [5, 5.41) is 0. The molecule has 2 rings (SSSR count). The van der Waals surface area contributed by atoms with Gasteiger partial charge in [0, 0.05) is 19.6 Å². The summed E-state index contributed by atoms with van der Waals surface area (Å²) in [6.07, 6.45) is -6.46. The number of benzene rings is 1. The lowest BCUT2D eigenvalue weighted by atomic mass is 10.0. The first-order valence-electron chi connectivity index (χ1n) is 6.64. The first kappa shape index (κ1) is 15.9. The first-order chi connectivity index (χ1) is 9.93. The van der Waals surface area contributed by atoms with E-state index in [-0.39, 0.29) is 13.2 Å². The summed E-state index contributed by atoms with van der Waals surface area (Å²) in [6.45, 7) is 0.890. The van der Waals surface area contributed by atoms with Crippen LogP contribution in [0.2, 0.25) is 0 Å². The molecule has 0 aromatic heterocycles. The van der Waals surface area contributed by atoms with Crippen LogP contribution in [0.4, 0.5) is 13.2 Å². The van der Waals surface area contributed by atoms with E-state index < -0.39 is 24.1 Å². The summed E-state index contributed by atoms with van der Waals surface area (Å²) in [4.78, 5) is 13.2. The normalized spacial score (nSPS) is 24.0. The number of ether oxygens (including phenoxy) is 1. The molecule has 0 saturated carbocycles. The van der Waals surface area contributed by atoms with Crippen molar-refractivity contribution in [1.82, 2.24) is 4.90 Å². The van der Waals surface area contributed by atoms with E-state index in [1.165, 1.54) is 0 Å². The number of Topliss-reactive ketones (excluding diaryl/α,β-unsaturated/α-hetero) is 1. The SMILES string of the molecule is NCC1C(C(=O)C(F)(F)F)OCCN1Cc1ccccc1. The first-order valence-corrected chi connectivity index (χ1v) is 6.64. The van der Waals surface area contributed by atoms with E-state index in [9.17, 15) is 18.0 Å². The van der Waals surface area contributed by atoms with Crippen molar-refractivity contribution < 1.29 is 22.7 Å². The van der Waals surface area contributed by atoms with Gasteiger partial charge in [-0.15, -0.1) is 0 Å². The fourth-order valence-electron chi connectivity index (χ4n) is 2.46. The van der Waals surface area contributed by atoms with E-state index in [1.54, 1.807) is 4.90 Å². The van der Waals surface area contributed by atoms with Crippen LogP contribution >= 0.6 is 0 Å². The number of hydrogen-bond acceptors (Lipinski definition) is 4. The Kier molecular flexibility index (Phi) is 4.97. The predicted octanol–water partition coefficient (Wildman–Crippen LogP) is 1.35. The van der Waals surface area contributed by atoms with Gasteiger partial charge in [-0.1, -0.05) is 30.3 Å². The van der Waals surface area contributed by atoms with Crippen LogP contribution in [-0.2, 0) is 16.1 Å². The number of alkyl halides is 3. The minimum Gasteiger partial charge on any atom is -0.367 e. The highest BCUT2D eigenvalue weighted by Gasteiger charge is 2.49. The van der Waals surface area contributed by atoms with Crippen LogP contribution < -0.4 is 5.73 Å². The molecule has 1 heterocycles. The number of nitrogens with two attached hydrogens (primary N) is 1. The number of nitrogens with zero attached hydrogens (tertiary/aromatic N) is 1. The maximum atomic E-state index is 12.6. The summed E-state index contributed by atoms with van der Waals surface area (Å²) < 4.78 is 42.9. The molecule has 0 aliphatic carbocycles. The van der Waals surface area contributed by atoms with Crippen molar-refractivity contribution in [1.29, 1.82) is 0 Å². The van der Waals surface area contributed by atoms with Crippen LogP contribution in [0, 0.1) is 0 Å². The number of carbonyl (C=O) groups excluding carboxylic acids is 1. The van der Waals surface area contributed by atoms with Crippen molar-refractivity contribution in [3.8, 4) is 0 Å². The van der Waals surface area contributed by atoms with Gasteiger partial charge in [-0.2, -0.15) is 13.2 Å². The predicted molar refractivity (Wildman–Crippen MR) is 70.5 cm³/mol. The van der Waals surface area contributed by atoms with Crippen LogP contribution in [0.25, 0.3) is 0 Å². The lowest BCUT2D eigenvalue weighted by Gasteiger charge is -2.40. The third kappa shape index (κ3) is 3.81. The molecule has 0 bridgehead atoms. The van der Waals surface area contributed by atoms with Gasteiger partial charge in [0.15, 0.2) is 0 Å². The van der Waals surface area contributed by atoms with Crippen molar-refractivity contribution in [2.45, 2.75) is 24.9 Å². The second kappa shape index (κ2) is 6.55. The van der Waals surface area contributed by atoms with E-state index in [4.69, 9.17) is 10.5 Å². The van der Waals surface area contributed by atoms with Crippen molar-refractivity contribution in [2.24, 2.45) is 5.73 Å². The van der Waals surface area contributed by atoms with Gasteiger partial charge < -0.3 is 10.5 Å². The molecular weight excluding hydrogens is 285 g/mol. The molecular formula is C14H17F3N2O2. The highest BCUT2D eigenvalue weighted by molar-refractivity contribution is 5.89. The zero-order valence-corrected chi connectivity index (χ0v) is 11.3. The number of hydrogen-bond donors (Lipinski definition) is 1. The van der Waals surface area contributed by atoms with E-state index in [1.807, 2.05) is 30.3 Å². The molecule has 0 spiro atoms. The van der Waals surface area contributed by atoms with Gasteiger partial charge in [-0.25, -0.2) is 0 Å². The summed E-state index contributed by atoms with van der Waals surface area (Å²) in [5.41, 5.74) is 6.53. The Morgan fingerprint density at radius 1 is 1.33 bits per heavy atom. The molecule has 7 heteroatoms. The van der Waals surface area contributed by atoms with Crippen LogP contribution in [0.1, 0.15) is 5.56 Å². The Labute approximate surface area is 120 Å². The van der Waals surface area contributed by atoms with Crippen molar-refractivity contribution in [3.63, 3.8) is 0 Å². The van der Waals surface area contributed by atoms with Crippen LogP contribution in [0.15, 0.2) is 30.3 Å². The van der Waals surface area contributed by atoms with Crippen LogP contribution in [0.3, 0.4) is 0 Å². The van der Waals surface area contributed by atoms with Crippen LogP contribution in [-0.4, -0.2) is 48.7 Å². The van der Waals surface area contributed by atoms with Crippen LogP contribution in [0.5, 0.6) is 0 Å². The highest BCUT2D eigenvalue weighted by atomic mass is 19.4. The summed E-state index contributed by atoms with van der Waals surface area (Å²) in [7, 11) is 0. The van der Waals surface area contributed by atoms with Gasteiger partial charge in [-0.05, 0) is 5.56 Å². The molecule has 1 saturated heterocycles. The molecule has 21 heavy (non-hydrogen) atoms. The van der Waals surface area contributed by atoms with Gasteiger partial charge in [-0.3, -0.25) is 9.69 Å². The minimum absolute atomic E-state index is 0.0701. The molecule has 2 N–H and O–H groups in total. The van der Waals surface area contributed by atoms with E-state index in [2.05, 4.69) is 0 Å². The van der Waals surface area contributed by atoms with Crippen molar-refractivity contribution >= 4 is 5.78 Å². The molecule has 116 valence electrons. The Balaban J connectivity index is 2.13. The van der Waals surface area contributed by atoms with E-state index in [0.717, 1.165) is 5.56 Å². The Bertz CT molecular complexity index is 479. The molecule has 0 amide bonds. The van der Waals surface area contributed by atoms with Crippen molar-refractivity contribution in [3.05, 3.63) is 35.9 Å². The lowest BCUT2D eigenvalue weighted by Crippen LogP contribution is -2.59. The minimum atomic E-state index is -4.91. The van der Waals surface area contributed by atoms with Gasteiger partial charge in [0.2, 0.25) is 0 Å². The molecule has 1 aromatic carbocycles. The summed E-state index contributed by atoms with van der Waals surface area (Å²) in [6, 6.07) is 8.55. The molecule has 4 nitrogen and oxygen atoms in total. The Morgan fingerprint density at radius 3 is 2.57 bits per heavy atom. The van der Waals surface area contributed by atoms with E-state index >= 15 is 0 Å². The second-order valence-electron chi connectivity index (χ2n) is 4.91. The number of morpholine rings is 1. The largest absolute Gasteiger partial charge is 0.452 e. The smallest absolute Gasteiger partial charge is 0.367 e. The second-order valence-corrected chi connectivity index (χ2v) is 4.91. The summed E-state index contributed by atoms with van der Waals surface area (Å²) in [5.74, 6) is -1.87. The maximum Gasteiger partial charge on any atom is 0.452 e. The average Bonchev–Trinajstić information content (AvgIpc) is 2.46. The third-order valence-corrected chi connectivity index (χ3v) is 3.50. The molecule has 1 fully saturated rings. The fraction of sp³-hybridized carbons (Fsp3) is 0.500. The van der Waals surface area contributed by atoms with Gasteiger partial charge in [0.25, 0.3) is 5.78 Å².